The molecule has 3 aromatic rings. The summed E-state index contributed by atoms with van der Waals surface area (Å²) >= 11 is 6.06. The third kappa shape index (κ3) is 3.32. The van der Waals surface area contributed by atoms with E-state index in [1.54, 1.807) is 25.1 Å². The summed E-state index contributed by atoms with van der Waals surface area (Å²) in [6.45, 7) is 3.59. The van der Waals surface area contributed by atoms with Crippen molar-refractivity contribution in [3.63, 3.8) is 0 Å². The molecule has 0 spiro atoms. The fourth-order valence-corrected chi connectivity index (χ4v) is 3.50. The van der Waals surface area contributed by atoms with E-state index in [1.165, 1.54) is 12.1 Å². The molecule has 0 aliphatic carbocycles. The first-order valence-corrected chi connectivity index (χ1v) is 9.68. The van der Waals surface area contributed by atoms with Crippen molar-refractivity contribution in [2.24, 2.45) is 0 Å². The Labute approximate surface area is 150 Å². The molecule has 0 fully saturated rings. The van der Waals surface area contributed by atoms with Crippen LogP contribution in [0.3, 0.4) is 0 Å². The van der Waals surface area contributed by atoms with Crippen molar-refractivity contribution in [3.8, 4) is 22.4 Å². The second kappa shape index (κ2) is 6.28. The van der Waals surface area contributed by atoms with Crippen LogP contribution in [0.2, 0.25) is 5.02 Å². The van der Waals surface area contributed by atoms with Gasteiger partial charge in [0, 0.05) is 16.8 Å². The second-order valence-corrected chi connectivity index (χ2v) is 8.24. The number of halogens is 2. The molecule has 25 heavy (non-hydrogen) atoms. The summed E-state index contributed by atoms with van der Waals surface area (Å²) < 4.78 is 42.7. The Morgan fingerprint density at radius 3 is 2.36 bits per heavy atom. The van der Waals surface area contributed by atoms with Crippen LogP contribution in [0.1, 0.15) is 11.3 Å². The van der Waals surface area contributed by atoms with Gasteiger partial charge in [0.25, 0.3) is 0 Å². The Balaban J connectivity index is 2.17. The Morgan fingerprint density at radius 2 is 1.76 bits per heavy atom. The highest BCUT2D eigenvalue weighted by atomic mass is 35.5. The van der Waals surface area contributed by atoms with Gasteiger partial charge in [-0.25, -0.2) is 12.8 Å². The zero-order chi connectivity index (χ0) is 18.4. The highest BCUT2D eigenvalue weighted by molar-refractivity contribution is 7.90. The van der Waals surface area contributed by atoms with Crippen molar-refractivity contribution in [3.05, 3.63) is 58.6 Å². The molecule has 3 rings (SSSR count). The monoisotopic (exact) mass is 379 g/mol. The normalized spacial score (nSPS) is 11.7. The highest BCUT2D eigenvalue weighted by Crippen LogP contribution is 2.36. The molecule has 0 bridgehead atoms. The van der Waals surface area contributed by atoms with Gasteiger partial charge in [-0.3, -0.25) is 0 Å². The van der Waals surface area contributed by atoms with E-state index in [-0.39, 0.29) is 4.90 Å². The van der Waals surface area contributed by atoms with Crippen LogP contribution in [-0.4, -0.2) is 19.8 Å². The third-order valence-electron chi connectivity index (χ3n) is 3.91. The molecule has 7 heteroatoms. The van der Waals surface area contributed by atoms with E-state index in [2.05, 4.69) is 5.16 Å². The minimum absolute atomic E-state index is 0.339. The van der Waals surface area contributed by atoms with Crippen molar-refractivity contribution in [1.29, 1.82) is 0 Å². The lowest BCUT2D eigenvalue weighted by molar-refractivity contribution is 0.400. The first kappa shape index (κ1) is 17.6. The average Bonchev–Trinajstić information content (AvgIpc) is 2.90. The number of hydrogen-bond acceptors (Lipinski definition) is 4. The van der Waals surface area contributed by atoms with Gasteiger partial charge in [-0.2, -0.15) is 0 Å². The van der Waals surface area contributed by atoms with Crippen molar-refractivity contribution < 1.29 is 17.3 Å². The number of nitrogens with zero attached hydrogens (tertiary/aromatic N) is 1. The van der Waals surface area contributed by atoms with Gasteiger partial charge in [-0.15, -0.1) is 0 Å². The lowest BCUT2D eigenvalue weighted by atomic mass is 9.98. The molecule has 1 aromatic heterocycles. The van der Waals surface area contributed by atoms with E-state index in [4.69, 9.17) is 16.1 Å². The fraction of sp³-hybridized carbons (Fsp3) is 0.167. The molecule has 0 N–H and O–H groups in total. The number of sulfone groups is 1. The summed E-state index contributed by atoms with van der Waals surface area (Å²) in [5.74, 6) is -0.298. The van der Waals surface area contributed by atoms with Gasteiger partial charge in [0.15, 0.2) is 9.84 Å². The minimum atomic E-state index is -3.63. The Bertz CT molecular complexity index is 1070. The van der Waals surface area contributed by atoms with Gasteiger partial charge >= 0.3 is 0 Å². The van der Waals surface area contributed by atoms with Crippen LogP contribution in [0.25, 0.3) is 22.4 Å². The summed E-state index contributed by atoms with van der Waals surface area (Å²) in [4.78, 5) is -0.339. The number of rotatable bonds is 3. The van der Waals surface area contributed by atoms with E-state index in [0.717, 1.165) is 17.4 Å². The zero-order valence-corrected chi connectivity index (χ0v) is 15.4. The molecular formula is C18H15ClFNO3S. The minimum Gasteiger partial charge on any atom is -0.360 e. The lowest BCUT2D eigenvalue weighted by Crippen LogP contribution is -2.00. The van der Waals surface area contributed by atoms with E-state index in [1.807, 2.05) is 13.0 Å². The van der Waals surface area contributed by atoms with Gasteiger partial charge in [0.2, 0.25) is 0 Å². The fourth-order valence-electron chi connectivity index (χ4n) is 2.66. The van der Waals surface area contributed by atoms with Crippen molar-refractivity contribution in [1.82, 2.24) is 5.16 Å². The molecule has 0 saturated heterocycles. The molecule has 2 aromatic carbocycles. The maximum absolute atomic E-state index is 14.3. The lowest BCUT2D eigenvalue weighted by Gasteiger charge is -2.07. The Hall–Kier alpha value is -2.18. The molecule has 0 aliphatic rings. The maximum Gasteiger partial charge on any atom is 0.178 e. The van der Waals surface area contributed by atoms with E-state index >= 15 is 0 Å². The molecule has 0 radical (unpaired) electrons. The van der Waals surface area contributed by atoms with Gasteiger partial charge in [-0.05, 0) is 49.2 Å². The summed E-state index contributed by atoms with van der Waals surface area (Å²) in [5, 5.41) is 4.71. The largest absolute Gasteiger partial charge is 0.360 e. The number of benzene rings is 2. The molecular weight excluding hydrogens is 365 g/mol. The standard InChI is InChI=1S/C18H15ClFNO3S/c1-10-8-13(4-6-14(10)19)18-17(11(2)24-21-18)12-5-7-16(15(20)9-12)25(3,22)23/h4-9H,1-3H3. The first-order chi connectivity index (χ1) is 11.7. The van der Waals surface area contributed by atoms with Crippen LogP contribution < -0.4 is 0 Å². The van der Waals surface area contributed by atoms with Crippen LogP contribution in [-0.2, 0) is 9.84 Å². The molecule has 0 unspecified atom stereocenters. The van der Waals surface area contributed by atoms with Crippen LogP contribution >= 0.6 is 11.6 Å². The predicted molar refractivity (Wildman–Crippen MR) is 94.9 cm³/mol. The molecule has 1 heterocycles. The van der Waals surface area contributed by atoms with E-state index in [0.29, 0.717) is 27.6 Å². The van der Waals surface area contributed by atoms with Crippen LogP contribution in [0.5, 0.6) is 0 Å². The van der Waals surface area contributed by atoms with Gasteiger partial charge < -0.3 is 4.52 Å². The maximum atomic E-state index is 14.3. The average molecular weight is 380 g/mol. The predicted octanol–water partition coefficient (Wildman–Crippen LogP) is 4.82. The second-order valence-electron chi connectivity index (χ2n) is 5.84. The van der Waals surface area contributed by atoms with E-state index < -0.39 is 15.7 Å². The molecule has 0 aliphatic heterocycles. The quantitative estimate of drug-likeness (QED) is 0.654. The number of aryl methyl sites for hydroxylation is 2. The number of hydrogen-bond donors (Lipinski definition) is 0. The molecule has 0 amide bonds. The van der Waals surface area contributed by atoms with Crippen LogP contribution in [0.15, 0.2) is 45.8 Å². The third-order valence-corrected chi connectivity index (χ3v) is 5.47. The Kier molecular flexibility index (Phi) is 4.43. The summed E-state index contributed by atoms with van der Waals surface area (Å²) in [7, 11) is -3.63. The van der Waals surface area contributed by atoms with Crippen LogP contribution in [0.4, 0.5) is 4.39 Å². The summed E-state index contributed by atoms with van der Waals surface area (Å²) in [6, 6.07) is 9.41. The van der Waals surface area contributed by atoms with Crippen molar-refractivity contribution in [2.75, 3.05) is 6.26 Å². The smallest absolute Gasteiger partial charge is 0.178 e. The van der Waals surface area contributed by atoms with Crippen LogP contribution in [0, 0.1) is 19.7 Å². The SMILES string of the molecule is Cc1cc(-c2noc(C)c2-c2ccc(S(C)(=O)=O)c(F)c2)ccc1Cl. The molecule has 4 nitrogen and oxygen atoms in total. The van der Waals surface area contributed by atoms with Gasteiger partial charge in [0.1, 0.15) is 22.2 Å². The zero-order valence-electron chi connectivity index (χ0n) is 13.8. The number of aromatic nitrogens is 1. The molecule has 0 atom stereocenters. The summed E-state index contributed by atoms with van der Waals surface area (Å²) in [6.07, 6.45) is 0.970. The topological polar surface area (TPSA) is 60.2 Å². The van der Waals surface area contributed by atoms with Gasteiger partial charge in [0.05, 0.1) is 5.56 Å². The molecule has 130 valence electrons. The molecule has 0 saturated carbocycles. The van der Waals surface area contributed by atoms with Crippen molar-refractivity contribution in [2.45, 2.75) is 18.7 Å². The Morgan fingerprint density at radius 1 is 1.08 bits per heavy atom. The van der Waals surface area contributed by atoms with E-state index in [9.17, 15) is 12.8 Å². The summed E-state index contributed by atoms with van der Waals surface area (Å²) in [5.41, 5.74) is 3.31. The van der Waals surface area contributed by atoms with Gasteiger partial charge in [-0.1, -0.05) is 28.9 Å². The highest BCUT2D eigenvalue weighted by Gasteiger charge is 2.20. The van der Waals surface area contributed by atoms with Crippen molar-refractivity contribution >= 4 is 21.4 Å². The first-order valence-electron chi connectivity index (χ1n) is 7.41.